The van der Waals surface area contributed by atoms with Gasteiger partial charge >= 0.3 is 12.1 Å². The predicted molar refractivity (Wildman–Crippen MR) is 71.0 cm³/mol. The minimum absolute atomic E-state index is 0.0863. The van der Waals surface area contributed by atoms with Crippen LogP contribution < -0.4 is 5.32 Å². The molecular weight excluding hydrogens is 268 g/mol. The van der Waals surface area contributed by atoms with Crippen molar-refractivity contribution in [3.63, 3.8) is 0 Å². The Morgan fingerprint density at radius 1 is 1.42 bits per heavy atom. The molecule has 0 fully saturated rings. The van der Waals surface area contributed by atoms with Gasteiger partial charge in [-0.3, -0.25) is 0 Å². The van der Waals surface area contributed by atoms with E-state index in [0.717, 1.165) is 5.01 Å². The molecule has 1 amide bonds. The highest BCUT2D eigenvalue weighted by Gasteiger charge is 2.16. The maximum absolute atomic E-state index is 11.4. The largest absolute Gasteiger partial charge is 0.467 e. The fourth-order valence-electron chi connectivity index (χ4n) is 1.25. The van der Waals surface area contributed by atoms with Crippen molar-refractivity contribution in [1.29, 1.82) is 0 Å². The number of nitrogens with one attached hydrogen (secondary N) is 1. The monoisotopic (exact) mass is 286 g/mol. The highest BCUT2D eigenvalue weighted by molar-refractivity contribution is 7.09. The lowest BCUT2D eigenvalue weighted by atomic mass is 10.2. The predicted octanol–water partition coefficient (Wildman–Crippen LogP) is 2.05. The fraction of sp³-hybridized carbons (Fsp3) is 0.583. The first-order chi connectivity index (χ1) is 8.93. The van der Waals surface area contributed by atoms with Crippen LogP contribution in [-0.2, 0) is 20.9 Å². The van der Waals surface area contributed by atoms with Crippen molar-refractivity contribution >= 4 is 23.4 Å². The summed E-state index contributed by atoms with van der Waals surface area (Å²) in [6, 6.07) is -0.737. The molecule has 0 saturated heterocycles. The molecule has 1 aromatic heterocycles. The van der Waals surface area contributed by atoms with Crippen LogP contribution in [0.15, 0.2) is 5.38 Å². The Kier molecular flexibility index (Phi) is 5.75. The summed E-state index contributed by atoms with van der Waals surface area (Å²) in [6.07, 6.45) is -0.669. The molecule has 1 atom stereocenters. The topological polar surface area (TPSA) is 77.5 Å². The zero-order valence-corrected chi connectivity index (χ0v) is 12.2. The average molecular weight is 286 g/mol. The smallest absolute Gasteiger partial charge is 0.408 e. The minimum Gasteiger partial charge on any atom is -0.467 e. The molecule has 0 bridgehead atoms. The molecule has 0 aromatic carbocycles. The molecule has 19 heavy (non-hydrogen) atoms. The molecule has 1 unspecified atom stereocenters. The quantitative estimate of drug-likeness (QED) is 0.838. The van der Waals surface area contributed by atoms with Gasteiger partial charge in [0.1, 0.15) is 12.6 Å². The number of carbonyl (C=O) groups excluding carboxylic acids is 2. The summed E-state index contributed by atoms with van der Waals surface area (Å²) in [5, 5.41) is 5.23. The van der Waals surface area contributed by atoms with E-state index in [-0.39, 0.29) is 6.61 Å². The molecule has 0 spiro atoms. The van der Waals surface area contributed by atoms with Gasteiger partial charge in [0.05, 0.1) is 17.8 Å². The molecule has 106 valence electrons. The van der Waals surface area contributed by atoms with Crippen molar-refractivity contribution < 1.29 is 19.1 Å². The van der Waals surface area contributed by atoms with E-state index in [2.05, 4.69) is 15.0 Å². The van der Waals surface area contributed by atoms with Gasteiger partial charge in [-0.1, -0.05) is 13.8 Å². The zero-order chi connectivity index (χ0) is 14.4. The van der Waals surface area contributed by atoms with Crippen LogP contribution in [0.5, 0.6) is 0 Å². The third kappa shape index (κ3) is 4.86. The Hall–Kier alpha value is -1.63. The molecule has 0 radical (unpaired) electrons. The standard InChI is InChI=1S/C12H18N2O4S/c1-7(2)10-14-9(6-19-10)5-18-12(16)13-8(3)11(15)17-4/h6-8H,5H2,1-4H3,(H,13,16). The lowest BCUT2D eigenvalue weighted by molar-refractivity contribution is -0.142. The highest BCUT2D eigenvalue weighted by atomic mass is 32.1. The van der Waals surface area contributed by atoms with E-state index < -0.39 is 18.1 Å². The van der Waals surface area contributed by atoms with Gasteiger partial charge in [-0.05, 0) is 6.92 Å². The first kappa shape index (κ1) is 15.4. The van der Waals surface area contributed by atoms with Crippen LogP contribution in [0.2, 0.25) is 0 Å². The number of aromatic nitrogens is 1. The lowest BCUT2D eigenvalue weighted by Gasteiger charge is -2.11. The first-order valence-corrected chi connectivity index (χ1v) is 6.77. The Bertz CT molecular complexity index is 445. The summed E-state index contributed by atoms with van der Waals surface area (Å²) in [5.41, 5.74) is 0.703. The Labute approximate surface area is 116 Å². The van der Waals surface area contributed by atoms with E-state index in [9.17, 15) is 9.59 Å². The number of esters is 1. The van der Waals surface area contributed by atoms with E-state index in [1.165, 1.54) is 25.4 Å². The Balaban J connectivity index is 2.39. The van der Waals surface area contributed by atoms with E-state index in [4.69, 9.17) is 4.74 Å². The normalized spacial score (nSPS) is 12.1. The number of amides is 1. The van der Waals surface area contributed by atoms with E-state index >= 15 is 0 Å². The number of nitrogens with zero attached hydrogens (tertiary/aromatic N) is 1. The van der Waals surface area contributed by atoms with Gasteiger partial charge in [-0.25, -0.2) is 14.6 Å². The molecule has 0 aliphatic carbocycles. The molecule has 1 rings (SSSR count). The average Bonchev–Trinajstić information content (AvgIpc) is 2.84. The van der Waals surface area contributed by atoms with Crippen LogP contribution >= 0.6 is 11.3 Å². The van der Waals surface area contributed by atoms with Gasteiger partial charge in [-0.2, -0.15) is 0 Å². The SMILES string of the molecule is COC(=O)C(C)NC(=O)OCc1csc(C(C)C)n1. The van der Waals surface area contributed by atoms with E-state index in [1.807, 2.05) is 19.2 Å². The van der Waals surface area contributed by atoms with Crippen molar-refractivity contribution in [2.75, 3.05) is 7.11 Å². The molecular formula is C12H18N2O4S. The van der Waals surface area contributed by atoms with Crippen LogP contribution in [0.1, 0.15) is 37.4 Å². The van der Waals surface area contributed by atoms with Gasteiger partial charge in [0, 0.05) is 11.3 Å². The molecule has 1 aromatic rings. The van der Waals surface area contributed by atoms with Crippen LogP contribution in [0, 0.1) is 0 Å². The second-order valence-corrected chi connectivity index (χ2v) is 5.19. The second kappa shape index (κ2) is 7.08. The summed E-state index contributed by atoms with van der Waals surface area (Å²) in [7, 11) is 1.26. The van der Waals surface area contributed by atoms with Crippen molar-refractivity contribution in [3.05, 3.63) is 16.1 Å². The first-order valence-electron chi connectivity index (χ1n) is 5.89. The molecule has 1 N–H and O–H groups in total. The second-order valence-electron chi connectivity index (χ2n) is 4.30. The van der Waals surface area contributed by atoms with Gasteiger partial charge in [0.2, 0.25) is 0 Å². The fourth-order valence-corrected chi connectivity index (χ4v) is 2.07. The molecule has 0 aliphatic rings. The van der Waals surface area contributed by atoms with E-state index in [0.29, 0.717) is 11.6 Å². The molecule has 6 nitrogen and oxygen atoms in total. The van der Waals surface area contributed by atoms with Crippen molar-refractivity contribution in [1.82, 2.24) is 10.3 Å². The summed E-state index contributed by atoms with van der Waals surface area (Å²) in [6.45, 7) is 5.71. The van der Waals surface area contributed by atoms with Crippen molar-refractivity contribution in [3.8, 4) is 0 Å². The Morgan fingerprint density at radius 2 is 2.11 bits per heavy atom. The molecule has 0 saturated carbocycles. The number of hydrogen-bond acceptors (Lipinski definition) is 6. The third-order valence-electron chi connectivity index (χ3n) is 2.30. The molecule has 1 heterocycles. The van der Waals surface area contributed by atoms with Gasteiger partial charge < -0.3 is 14.8 Å². The van der Waals surface area contributed by atoms with Crippen LogP contribution in [0.3, 0.4) is 0 Å². The highest BCUT2D eigenvalue weighted by Crippen LogP contribution is 2.19. The lowest BCUT2D eigenvalue weighted by Crippen LogP contribution is -2.39. The number of hydrogen-bond donors (Lipinski definition) is 1. The Morgan fingerprint density at radius 3 is 2.63 bits per heavy atom. The van der Waals surface area contributed by atoms with Crippen molar-refractivity contribution in [2.24, 2.45) is 0 Å². The number of ether oxygens (including phenoxy) is 2. The van der Waals surface area contributed by atoms with Crippen LogP contribution in [0.25, 0.3) is 0 Å². The maximum atomic E-state index is 11.4. The third-order valence-corrected chi connectivity index (χ3v) is 3.50. The number of carbonyl (C=O) groups is 2. The van der Waals surface area contributed by atoms with Gasteiger partial charge in [-0.15, -0.1) is 11.3 Å². The van der Waals surface area contributed by atoms with Gasteiger partial charge in [0.15, 0.2) is 0 Å². The number of methoxy groups -OCH3 is 1. The summed E-state index contributed by atoms with van der Waals surface area (Å²) in [5.74, 6) is -0.167. The van der Waals surface area contributed by atoms with Crippen LogP contribution in [-0.4, -0.2) is 30.2 Å². The summed E-state index contributed by atoms with van der Waals surface area (Å²) >= 11 is 1.53. The number of alkyl carbamates (subject to hydrolysis) is 1. The molecule has 7 heteroatoms. The zero-order valence-electron chi connectivity index (χ0n) is 11.4. The maximum Gasteiger partial charge on any atom is 0.408 e. The van der Waals surface area contributed by atoms with Crippen LogP contribution in [0.4, 0.5) is 4.79 Å². The van der Waals surface area contributed by atoms with Gasteiger partial charge in [0.25, 0.3) is 0 Å². The number of thiazole rings is 1. The summed E-state index contributed by atoms with van der Waals surface area (Å²) in [4.78, 5) is 26.9. The summed E-state index contributed by atoms with van der Waals surface area (Å²) < 4.78 is 9.46. The number of rotatable bonds is 5. The minimum atomic E-state index is -0.737. The van der Waals surface area contributed by atoms with E-state index in [1.54, 1.807) is 0 Å². The van der Waals surface area contributed by atoms with Crippen molar-refractivity contribution in [2.45, 2.75) is 39.3 Å². The molecule has 0 aliphatic heterocycles.